The SMILES string of the molecule is COc1ccc(C(Nc2nccn3cnnc23)C2CCOCC2)cc1. The van der Waals surface area contributed by atoms with Crippen molar-refractivity contribution in [3.05, 3.63) is 48.5 Å². The molecule has 0 spiro atoms. The molecule has 1 saturated heterocycles. The number of fused-ring (bicyclic) bond motifs is 1. The Labute approximate surface area is 146 Å². The minimum absolute atomic E-state index is 0.130. The number of benzene rings is 1. The summed E-state index contributed by atoms with van der Waals surface area (Å²) in [7, 11) is 1.68. The lowest BCUT2D eigenvalue weighted by Crippen LogP contribution is -2.27. The van der Waals surface area contributed by atoms with E-state index >= 15 is 0 Å². The average Bonchev–Trinajstić information content (AvgIpc) is 3.16. The zero-order valence-corrected chi connectivity index (χ0v) is 14.1. The van der Waals surface area contributed by atoms with Gasteiger partial charge in [0.05, 0.1) is 13.2 Å². The van der Waals surface area contributed by atoms with E-state index in [4.69, 9.17) is 9.47 Å². The fourth-order valence-electron chi connectivity index (χ4n) is 3.34. The average molecular weight is 339 g/mol. The van der Waals surface area contributed by atoms with E-state index in [9.17, 15) is 0 Å². The van der Waals surface area contributed by atoms with Gasteiger partial charge in [0.2, 0.25) is 5.65 Å². The van der Waals surface area contributed by atoms with Crippen molar-refractivity contribution in [3.8, 4) is 5.75 Å². The maximum atomic E-state index is 5.54. The zero-order chi connectivity index (χ0) is 17.1. The maximum absolute atomic E-state index is 5.54. The van der Waals surface area contributed by atoms with E-state index < -0.39 is 0 Å². The molecule has 25 heavy (non-hydrogen) atoms. The van der Waals surface area contributed by atoms with Crippen molar-refractivity contribution in [1.29, 1.82) is 0 Å². The van der Waals surface area contributed by atoms with Crippen LogP contribution in [-0.2, 0) is 4.74 Å². The monoisotopic (exact) mass is 339 g/mol. The molecule has 0 saturated carbocycles. The number of methoxy groups -OCH3 is 1. The minimum atomic E-state index is 0.130. The maximum Gasteiger partial charge on any atom is 0.203 e. The predicted octanol–water partition coefficient (Wildman–Crippen LogP) is 2.71. The second-order valence-corrected chi connectivity index (χ2v) is 6.18. The Balaban J connectivity index is 1.67. The lowest BCUT2D eigenvalue weighted by molar-refractivity contribution is 0.0605. The van der Waals surface area contributed by atoms with Crippen LogP contribution in [0.2, 0.25) is 0 Å². The molecule has 1 fully saturated rings. The van der Waals surface area contributed by atoms with Gasteiger partial charge in [-0.05, 0) is 36.5 Å². The van der Waals surface area contributed by atoms with Gasteiger partial charge in [0.1, 0.15) is 12.1 Å². The number of rotatable bonds is 5. The van der Waals surface area contributed by atoms with Crippen molar-refractivity contribution < 1.29 is 9.47 Å². The zero-order valence-electron chi connectivity index (χ0n) is 14.1. The molecular weight excluding hydrogens is 318 g/mol. The van der Waals surface area contributed by atoms with Gasteiger partial charge in [0.25, 0.3) is 0 Å². The lowest BCUT2D eigenvalue weighted by atomic mass is 9.87. The molecule has 4 rings (SSSR count). The number of nitrogens with zero attached hydrogens (tertiary/aromatic N) is 4. The molecule has 3 heterocycles. The molecule has 3 aromatic rings. The van der Waals surface area contributed by atoms with Crippen LogP contribution in [0.15, 0.2) is 43.0 Å². The molecule has 1 aliphatic rings. The highest BCUT2D eigenvalue weighted by Gasteiger charge is 2.26. The van der Waals surface area contributed by atoms with Crippen LogP contribution in [0.3, 0.4) is 0 Å². The summed E-state index contributed by atoms with van der Waals surface area (Å²) in [6.07, 6.45) is 7.31. The summed E-state index contributed by atoms with van der Waals surface area (Å²) in [4.78, 5) is 4.48. The van der Waals surface area contributed by atoms with Crippen LogP contribution in [0.25, 0.3) is 5.65 Å². The third-order valence-corrected chi connectivity index (χ3v) is 4.72. The van der Waals surface area contributed by atoms with E-state index in [1.165, 1.54) is 5.56 Å². The smallest absolute Gasteiger partial charge is 0.203 e. The fraction of sp³-hybridized carbons (Fsp3) is 0.389. The first-order valence-corrected chi connectivity index (χ1v) is 8.48. The standard InChI is InChI=1S/C18H21N5O2/c1-24-15-4-2-13(3-5-15)16(14-6-10-25-11-7-14)21-17-18-22-20-12-23(18)9-8-19-17/h2-5,8-9,12,14,16H,6-7,10-11H2,1H3,(H,19,21). The van der Waals surface area contributed by atoms with Gasteiger partial charge in [-0.15, -0.1) is 10.2 Å². The predicted molar refractivity (Wildman–Crippen MR) is 93.7 cm³/mol. The second kappa shape index (κ2) is 7.06. The number of anilines is 1. The molecule has 1 aromatic carbocycles. The van der Waals surface area contributed by atoms with Crippen molar-refractivity contribution in [2.24, 2.45) is 5.92 Å². The van der Waals surface area contributed by atoms with Gasteiger partial charge in [0, 0.05) is 25.6 Å². The van der Waals surface area contributed by atoms with Crippen LogP contribution in [0.5, 0.6) is 5.75 Å². The van der Waals surface area contributed by atoms with E-state index in [0.717, 1.165) is 43.3 Å². The lowest BCUT2D eigenvalue weighted by Gasteiger charge is -2.31. The summed E-state index contributed by atoms with van der Waals surface area (Å²) in [6.45, 7) is 1.59. The highest BCUT2D eigenvalue weighted by molar-refractivity contribution is 5.62. The van der Waals surface area contributed by atoms with Crippen molar-refractivity contribution in [2.45, 2.75) is 18.9 Å². The van der Waals surface area contributed by atoms with Gasteiger partial charge in [-0.1, -0.05) is 12.1 Å². The van der Waals surface area contributed by atoms with Crippen LogP contribution in [0.1, 0.15) is 24.4 Å². The van der Waals surface area contributed by atoms with Crippen LogP contribution < -0.4 is 10.1 Å². The number of hydrogen-bond acceptors (Lipinski definition) is 6. The Hall–Kier alpha value is -2.67. The van der Waals surface area contributed by atoms with Gasteiger partial charge in [0.15, 0.2) is 5.82 Å². The quantitative estimate of drug-likeness (QED) is 0.770. The van der Waals surface area contributed by atoms with Gasteiger partial charge in [-0.3, -0.25) is 4.40 Å². The van der Waals surface area contributed by atoms with Crippen LogP contribution >= 0.6 is 0 Å². The van der Waals surface area contributed by atoms with Crippen molar-refractivity contribution in [3.63, 3.8) is 0 Å². The van der Waals surface area contributed by atoms with Crippen LogP contribution in [-0.4, -0.2) is 39.9 Å². The molecule has 130 valence electrons. The van der Waals surface area contributed by atoms with Crippen molar-refractivity contribution in [2.75, 3.05) is 25.6 Å². The summed E-state index contributed by atoms with van der Waals surface area (Å²) >= 11 is 0. The highest BCUT2D eigenvalue weighted by atomic mass is 16.5. The van der Waals surface area contributed by atoms with Crippen molar-refractivity contribution in [1.82, 2.24) is 19.6 Å². The Morgan fingerprint density at radius 1 is 1.24 bits per heavy atom. The molecule has 2 aromatic heterocycles. The molecule has 1 atom stereocenters. The number of aromatic nitrogens is 4. The third kappa shape index (κ3) is 3.28. The Morgan fingerprint density at radius 3 is 2.80 bits per heavy atom. The molecule has 0 radical (unpaired) electrons. The number of nitrogens with one attached hydrogen (secondary N) is 1. The van der Waals surface area contributed by atoms with E-state index in [2.05, 4.69) is 32.6 Å². The van der Waals surface area contributed by atoms with Crippen LogP contribution in [0, 0.1) is 5.92 Å². The topological polar surface area (TPSA) is 73.6 Å². The fourth-order valence-corrected chi connectivity index (χ4v) is 3.34. The number of ether oxygens (including phenoxy) is 2. The summed E-state index contributed by atoms with van der Waals surface area (Å²) in [5, 5.41) is 11.8. The molecule has 0 aliphatic carbocycles. The first kappa shape index (κ1) is 15.8. The largest absolute Gasteiger partial charge is 0.497 e. The normalized spacial score (nSPS) is 16.7. The Bertz CT molecular complexity index is 827. The molecule has 1 N–H and O–H groups in total. The van der Waals surface area contributed by atoms with E-state index in [0.29, 0.717) is 5.92 Å². The first-order valence-electron chi connectivity index (χ1n) is 8.48. The van der Waals surface area contributed by atoms with Gasteiger partial charge in [-0.25, -0.2) is 4.98 Å². The summed E-state index contributed by atoms with van der Waals surface area (Å²) in [5.74, 6) is 2.06. The van der Waals surface area contributed by atoms with E-state index in [1.807, 2.05) is 22.7 Å². The Morgan fingerprint density at radius 2 is 2.04 bits per heavy atom. The van der Waals surface area contributed by atoms with Gasteiger partial charge in [-0.2, -0.15) is 0 Å². The molecular formula is C18H21N5O2. The summed E-state index contributed by atoms with van der Waals surface area (Å²) in [6, 6.07) is 8.33. The molecule has 0 bridgehead atoms. The summed E-state index contributed by atoms with van der Waals surface area (Å²) < 4.78 is 12.7. The second-order valence-electron chi connectivity index (χ2n) is 6.18. The van der Waals surface area contributed by atoms with E-state index in [-0.39, 0.29) is 6.04 Å². The molecule has 7 nitrogen and oxygen atoms in total. The minimum Gasteiger partial charge on any atom is -0.497 e. The Kier molecular flexibility index (Phi) is 4.47. The van der Waals surface area contributed by atoms with E-state index in [1.54, 1.807) is 19.6 Å². The third-order valence-electron chi connectivity index (χ3n) is 4.72. The summed E-state index contributed by atoms with van der Waals surface area (Å²) in [5.41, 5.74) is 1.93. The molecule has 7 heteroatoms. The van der Waals surface area contributed by atoms with Crippen LogP contribution in [0.4, 0.5) is 5.82 Å². The van der Waals surface area contributed by atoms with Gasteiger partial charge < -0.3 is 14.8 Å². The first-order chi connectivity index (χ1) is 12.3. The molecule has 1 aliphatic heterocycles. The van der Waals surface area contributed by atoms with Crippen molar-refractivity contribution >= 4 is 11.5 Å². The molecule has 0 amide bonds. The number of hydrogen-bond donors (Lipinski definition) is 1. The molecule has 1 unspecified atom stereocenters. The highest BCUT2D eigenvalue weighted by Crippen LogP contribution is 2.34. The van der Waals surface area contributed by atoms with Gasteiger partial charge >= 0.3 is 0 Å².